The second-order valence-corrected chi connectivity index (χ2v) is 13.7. The lowest BCUT2D eigenvalue weighted by Gasteiger charge is -2.35. The lowest BCUT2D eigenvalue weighted by atomic mass is 9.70. The largest absolute Gasteiger partial charge is 0.492 e. The van der Waals surface area contributed by atoms with Gasteiger partial charge in [-0.2, -0.15) is 8.42 Å². The van der Waals surface area contributed by atoms with Crippen LogP contribution in [0.4, 0.5) is 10.6 Å². The number of Topliss-reactive ketones (excluding diaryl/α,β-unsaturated/α-hetero) is 1. The summed E-state index contributed by atoms with van der Waals surface area (Å²) in [6.07, 6.45) is 4.27. The minimum Gasteiger partial charge on any atom is -0.492 e. The van der Waals surface area contributed by atoms with Crippen LogP contribution in [0.5, 0.6) is 5.75 Å². The summed E-state index contributed by atoms with van der Waals surface area (Å²) in [4.78, 5) is 41.0. The summed E-state index contributed by atoms with van der Waals surface area (Å²) in [7, 11) is -2.10. The van der Waals surface area contributed by atoms with Crippen LogP contribution in [0, 0.1) is 16.7 Å². The molecule has 1 saturated heterocycles. The summed E-state index contributed by atoms with van der Waals surface area (Å²) in [5, 5.41) is 1.69. The fraction of sp³-hybridized carbons (Fsp3) is 0.500. The number of rotatable bonds is 9. The number of nitrogens with one attached hydrogen (secondary N) is 1. The van der Waals surface area contributed by atoms with Gasteiger partial charge in [0, 0.05) is 19.7 Å². The summed E-state index contributed by atoms with van der Waals surface area (Å²) in [6.45, 7) is 5.16. The number of benzene rings is 1. The maximum atomic E-state index is 11.9. The zero-order valence-corrected chi connectivity index (χ0v) is 24.5. The monoisotopic (exact) mass is 589 g/mol. The topological polar surface area (TPSA) is 143 Å². The molecule has 2 N–H and O–H groups in total. The number of hydrogen-bond donors (Lipinski definition) is 2. The molecule has 0 spiro atoms. The molecule has 12 heteroatoms. The molecule has 5 rings (SSSR count). The van der Waals surface area contributed by atoms with Crippen molar-refractivity contribution in [2.45, 2.75) is 44.8 Å². The van der Waals surface area contributed by atoms with Gasteiger partial charge in [0.05, 0.1) is 23.0 Å². The minimum absolute atomic E-state index is 0.0152. The van der Waals surface area contributed by atoms with Gasteiger partial charge in [0.1, 0.15) is 24.0 Å². The van der Waals surface area contributed by atoms with E-state index in [9.17, 15) is 22.8 Å². The fourth-order valence-corrected chi connectivity index (χ4v) is 8.04. The molecular formula is C28H35N3O7S2. The lowest BCUT2D eigenvalue weighted by molar-refractivity contribution is -0.128. The van der Waals surface area contributed by atoms with E-state index in [4.69, 9.17) is 9.29 Å². The van der Waals surface area contributed by atoms with E-state index < -0.39 is 21.3 Å². The second kappa shape index (κ2) is 11.9. The molecular weight excluding hydrogens is 554 g/mol. The van der Waals surface area contributed by atoms with E-state index in [0.717, 1.165) is 41.9 Å². The first-order chi connectivity index (χ1) is 18.8. The summed E-state index contributed by atoms with van der Waals surface area (Å²) in [6, 6.07) is 13.4. The van der Waals surface area contributed by atoms with Crippen LogP contribution in [0.2, 0.25) is 0 Å². The Bertz CT molecular complexity index is 1350. The van der Waals surface area contributed by atoms with Gasteiger partial charge in [0.2, 0.25) is 5.91 Å². The molecule has 1 aromatic carbocycles. The van der Waals surface area contributed by atoms with Gasteiger partial charge in [-0.25, -0.2) is 4.98 Å². The van der Waals surface area contributed by atoms with Crippen LogP contribution < -0.4 is 15.0 Å². The van der Waals surface area contributed by atoms with Crippen LogP contribution in [-0.2, 0) is 26.1 Å². The van der Waals surface area contributed by atoms with E-state index in [2.05, 4.69) is 10.3 Å². The van der Waals surface area contributed by atoms with E-state index in [1.807, 2.05) is 68.3 Å². The molecule has 1 aromatic heterocycles. The van der Waals surface area contributed by atoms with Crippen LogP contribution in [-0.4, -0.2) is 66.1 Å². The van der Waals surface area contributed by atoms with Crippen molar-refractivity contribution in [3.05, 3.63) is 54.2 Å². The van der Waals surface area contributed by atoms with E-state index in [1.165, 1.54) is 0 Å². The number of thioether (sulfide) groups is 1. The summed E-state index contributed by atoms with van der Waals surface area (Å²) < 4.78 is 36.7. The third-order valence-corrected chi connectivity index (χ3v) is 10.3. The van der Waals surface area contributed by atoms with Gasteiger partial charge in [0.15, 0.2) is 0 Å². The van der Waals surface area contributed by atoms with Gasteiger partial charge >= 0.3 is 0 Å². The van der Waals surface area contributed by atoms with Crippen LogP contribution >= 0.6 is 11.8 Å². The average molecular weight is 590 g/mol. The SMILES string of the molecule is CC1(C)[C@H]2CC[C@]1(CS(=O)(=O)O)C(=O)C2.CN(CCOc1ccc(CC2SC(=O)NC2=O)cc1)c1ccccn1. The number of likely N-dealkylation sites (N-methyl/N-ethyl adjacent to an activating group) is 1. The van der Waals surface area contributed by atoms with Crippen molar-refractivity contribution in [1.29, 1.82) is 0 Å². The Kier molecular flexibility index (Phi) is 8.91. The molecule has 2 bridgehead atoms. The number of amides is 2. The third-order valence-electron chi connectivity index (χ3n) is 8.42. The Balaban J connectivity index is 0.000000210. The first-order valence-electron chi connectivity index (χ1n) is 13.1. The minimum atomic E-state index is -4.08. The van der Waals surface area contributed by atoms with E-state index >= 15 is 0 Å². The van der Waals surface area contributed by atoms with Gasteiger partial charge in [0.25, 0.3) is 15.4 Å². The van der Waals surface area contributed by atoms with Crippen molar-refractivity contribution >= 4 is 44.6 Å². The molecule has 216 valence electrons. The van der Waals surface area contributed by atoms with E-state index in [1.54, 1.807) is 6.20 Å². The Labute approximate surface area is 239 Å². The first-order valence-corrected chi connectivity index (χ1v) is 15.6. The number of nitrogens with zero attached hydrogens (tertiary/aromatic N) is 2. The first kappa shape index (κ1) is 30.0. The molecule has 40 heavy (non-hydrogen) atoms. The number of ether oxygens (including phenoxy) is 1. The Morgan fingerprint density at radius 1 is 1.15 bits per heavy atom. The van der Waals surface area contributed by atoms with Gasteiger partial charge in [-0.1, -0.05) is 43.8 Å². The number of anilines is 1. The Hall–Kier alpha value is -2.96. The van der Waals surface area contributed by atoms with Crippen molar-refractivity contribution in [2.75, 3.05) is 30.9 Å². The van der Waals surface area contributed by atoms with Crippen molar-refractivity contribution < 1.29 is 32.1 Å². The molecule has 2 saturated carbocycles. The number of aromatic nitrogens is 1. The number of fused-ring (bicyclic) bond motifs is 2. The van der Waals surface area contributed by atoms with Gasteiger partial charge in [-0.05, 0) is 60.4 Å². The highest BCUT2D eigenvalue weighted by molar-refractivity contribution is 8.15. The zero-order valence-electron chi connectivity index (χ0n) is 22.8. The zero-order chi connectivity index (χ0) is 29.1. The molecule has 2 heterocycles. The van der Waals surface area contributed by atoms with Crippen LogP contribution in [0.15, 0.2) is 48.7 Å². The highest BCUT2D eigenvalue weighted by Gasteiger charge is 2.65. The number of ketones is 1. The van der Waals surface area contributed by atoms with Crippen molar-refractivity contribution in [1.82, 2.24) is 10.3 Å². The predicted octanol–water partition coefficient (Wildman–Crippen LogP) is 3.76. The van der Waals surface area contributed by atoms with Crippen LogP contribution in [0.1, 0.15) is 38.7 Å². The molecule has 2 aromatic rings. The maximum Gasteiger partial charge on any atom is 0.286 e. The van der Waals surface area contributed by atoms with Gasteiger partial charge in [-0.15, -0.1) is 0 Å². The van der Waals surface area contributed by atoms with Crippen molar-refractivity contribution in [3.63, 3.8) is 0 Å². The average Bonchev–Trinajstić information content (AvgIpc) is 3.40. The second-order valence-electron chi connectivity index (χ2n) is 11.1. The number of hydrogen-bond acceptors (Lipinski definition) is 9. The molecule has 1 aliphatic heterocycles. The molecule has 10 nitrogen and oxygen atoms in total. The quantitative estimate of drug-likeness (QED) is 0.415. The fourth-order valence-electron chi connectivity index (χ4n) is 5.88. The number of carbonyl (C=O) groups excluding carboxylic acids is 3. The third kappa shape index (κ3) is 6.67. The predicted molar refractivity (Wildman–Crippen MR) is 153 cm³/mol. The van der Waals surface area contributed by atoms with Gasteiger partial charge < -0.3 is 9.64 Å². The summed E-state index contributed by atoms with van der Waals surface area (Å²) in [5.41, 5.74) is -0.120. The van der Waals surface area contributed by atoms with Gasteiger partial charge in [-0.3, -0.25) is 24.3 Å². The maximum absolute atomic E-state index is 11.9. The summed E-state index contributed by atoms with van der Waals surface area (Å²) in [5.74, 6) is 1.37. The molecule has 3 fully saturated rings. The normalized spacial score (nSPS) is 24.9. The molecule has 3 aliphatic rings. The number of pyridine rings is 1. The van der Waals surface area contributed by atoms with E-state index in [-0.39, 0.29) is 33.5 Å². The van der Waals surface area contributed by atoms with Crippen molar-refractivity contribution in [3.8, 4) is 5.75 Å². The molecule has 1 unspecified atom stereocenters. The lowest BCUT2D eigenvalue weighted by Crippen LogP contribution is -2.42. The highest BCUT2D eigenvalue weighted by Crippen LogP contribution is 2.64. The molecule has 0 radical (unpaired) electrons. The number of imide groups is 1. The Morgan fingerprint density at radius 2 is 1.88 bits per heavy atom. The van der Waals surface area contributed by atoms with Crippen LogP contribution in [0.25, 0.3) is 0 Å². The smallest absolute Gasteiger partial charge is 0.286 e. The van der Waals surface area contributed by atoms with Crippen LogP contribution in [0.3, 0.4) is 0 Å². The van der Waals surface area contributed by atoms with E-state index in [0.29, 0.717) is 25.9 Å². The molecule has 3 atom stereocenters. The molecule has 2 amide bonds. The molecule has 2 aliphatic carbocycles. The number of carbonyl (C=O) groups is 3. The van der Waals surface area contributed by atoms with Crippen molar-refractivity contribution in [2.24, 2.45) is 16.7 Å². The highest BCUT2D eigenvalue weighted by atomic mass is 32.2. The standard InChI is InChI=1S/C18H19N3O3S.C10H16O4S/c1-21(16-4-2-3-9-19-16)10-11-24-14-7-5-13(6-8-14)12-15-17(22)20-18(23)25-15;1-9(2)7-3-4-10(9,8(11)5-7)6-15(12,13)14/h2-9,15H,10-12H2,1H3,(H,20,22,23);7H,3-6H2,1-2H3,(H,12,13,14)/t;7-,10-/m.0/s1. The summed E-state index contributed by atoms with van der Waals surface area (Å²) >= 11 is 1.05. The Morgan fingerprint density at radius 3 is 2.40 bits per heavy atom.